The van der Waals surface area contributed by atoms with Crippen LogP contribution in [-0.4, -0.2) is 20.1 Å². The third-order valence-corrected chi connectivity index (χ3v) is 6.65. The minimum absolute atomic E-state index is 0.0525. The van der Waals surface area contributed by atoms with Crippen molar-refractivity contribution in [3.63, 3.8) is 0 Å². The smallest absolute Gasteiger partial charge is 0.266 e. The average Bonchev–Trinajstić information content (AvgIpc) is 3.08. The molecule has 1 aromatic heterocycles. The number of ether oxygens (including phenoxy) is 2. The number of thiophene rings is 1. The first kappa shape index (κ1) is 21.2. The summed E-state index contributed by atoms with van der Waals surface area (Å²) in [7, 11) is 3.08. The van der Waals surface area contributed by atoms with E-state index in [0.29, 0.717) is 27.6 Å². The van der Waals surface area contributed by atoms with E-state index in [0.717, 1.165) is 39.7 Å². The van der Waals surface area contributed by atoms with Crippen LogP contribution >= 0.6 is 33.9 Å². The molecule has 1 amide bonds. The van der Waals surface area contributed by atoms with Crippen LogP contribution in [0, 0.1) is 26.2 Å². The molecular formula is C21H18IN3O3S. The molecule has 0 radical (unpaired) electrons. The fourth-order valence-electron chi connectivity index (χ4n) is 3.28. The Morgan fingerprint density at radius 1 is 1.24 bits per heavy atom. The van der Waals surface area contributed by atoms with Gasteiger partial charge in [0.2, 0.25) is 0 Å². The normalized spacial score (nSPS) is 13.1. The number of fused-ring (bicyclic) bond motifs is 1. The molecule has 6 nitrogen and oxygen atoms in total. The predicted molar refractivity (Wildman–Crippen MR) is 120 cm³/mol. The number of hydrogen-bond donors (Lipinski definition) is 1. The number of carbonyl (C=O) groups is 1. The lowest BCUT2D eigenvalue weighted by atomic mass is 9.96. The Bertz CT molecular complexity index is 1080. The number of anilines is 1. The van der Waals surface area contributed by atoms with Gasteiger partial charge >= 0.3 is 0 Å². The molecule has 29 heavy (non-hydrogen) atoms. The molecular weight excluding hydrogens is 501 g/mol. The molecule has 0 saturated carbocycles. The minimum atomic E-state index is -0.535. The maximum atomic E-state index is 12.7. The quantitative estimate of drug-likeness (QED) is 0.352. The zero-order valence-electron chi connectivity index (χ0n) is 16.0. The molecule has 148 valence electrons. The van der Waals surface area contributed by atoms with Crippen LogP contribution in [0.15, 0.2) is 17.7 Å². The number of halogens is 1. The maximum absolute atomic E-state index is 12.7. The number of methoxy groups -OCH3 is 2. The molecule has 1 N–H and O–H groups in total. The van der Waals surface area contributed by atoms with E-state index < -0.39 is 5.91 Å². The number of nitriles is 2. The third kappa shape index (κ3) is 4.39. The number of nitrogens with one attached hydrogen (secondary N) is 1. The topological polar surface area (TPSA) is 95.1 Å². The Labute approximate surface area is 186 Å². The number of aryl methyl sites for hydroxylation is 1. The van der Waals surface area contributed by atoms with Gasteiger partial charge in [-0.2, -0.15) is 10.5 Å². The van der Waals surface area contributed by atoms with Crippen molar-refractivity contribution >= 4 is 50.9 Å². The van der Waals surface area contributed by atoms with Crippen molar-refractivity contribution in [1.82, 2.24) is 0 Å². The SMILES string of the molecule is COc1cc(/C=C(\C#N)C(=O)Nc2sc3c(c2C#N)CCCC3)cc(I)c1OC. The fourth-order valence-corrected chi connectivity index (χ4v) is 5.36. The van der Waals surface area contributed by atoms with Crippen molar-refractivity contribution in [2.24, 2.45) is 0 Å². The first-order chi connectivity index (χ1) is 14.0. The summed E-state index contributed by atoms with van der Waals surface area (Å²) in [4.78, 5) is 13.9. The summed E-state index contributed by atoms with van der Waals surface area (Å²) >= 11 is 3.54. The van der Waals surface area contributed by atoms with Crippen LogP contribution in [-0.2, 0) is 17.6 Å². The molecule has 1 aliphatic carbocycles. The van der Waals surface area contributed by atoms with E-state index in [1.54, 1.807) is 19.2 Å². The maximum Gasteiger partial charge on any atom is 0.266 e. The van der Waals surface area contributed by atoms with E-state index in [1.807, 2.05) is 6.07 Å². The van der Waals surface area contributed by atoms with Crippen molar-refractivity contribution in [3.05, 3.63) is 42.8 Å². The van der Waals surface area contributed by atoms with Crippen molar-refractivity contribution in [2.45, 2.75) is 25.7 Å². The lowest BCUT2D eigenvalue weighted by Crippen LogP contribution is -2.13. The van der Waals surface area contributed by atoms with Gasteiger partial charge in [0.15, 0.2) is 11.5 Å². The van der Waals surface area contributed by atoms with E-state index in [4.69, 9.17) is 9.47 Å². The van der Waals surface area contributed by atoms with Crippen LogP contribution < -0.4 is 14.8 Å². The Kier molecular flexibility index (Phi) is 6.78. The minimum Gasteiger partial charge on any atom is -0.493 e. The summed E-state index contributed by atoms with van der Waals surface area (Å²) in [6.07, 6.45) is 5.42. The second kappa shape index (κ2) is 9.29. The van der Waals surface area contributed by atoms with Gasteiger partial charge in [0, 0.05) is 4.88 Å². The van der Waals surface area contributed by atoms with Gasteiger partial charge in [0.1, 0.15) is 22.7 Å². The van der Waals surface area contributed by atoms with Crippen molar-refractivity contribution < 1.29 is 14.3 Å². The number of carbonyl (C=O) groups excluding carboxylic acids is 1. The van der Waals surface area contributed by atoms with E-state index >= 15 is 0 Å². The number of nitrogens with zero attached hydrogens (tertiary/aromatic N) is 2. The van der Waals surface area contributed by atoms with Gasteiger partial charge in [0.05, 0.1) is 23.4 Å². The van der Waals surface area contributed by atoms with Gasteiger partial charge in [0.25, 0.3) is 5.91 Å². The van der Waals surface area contributed by atoms with Crippen LogP contribution in [0.5, 0.6) is 11.5 Å². The third-order valence-electron chi connectivity index (χ3n) is 4.64. The van der Waals surface area contributed by atoms with Gasteiger partial charge in [-0.05, 0) is 77.6 Å². The number of amides is 1. The fraction of sp³-hybridized carbons (Fsp3) is 0.286. The lowest BCUT2D eigenvalue weighted by molar-refractivity contribution is -0.112. The van der Waals surface area contributed by atoms with Gasteiger partial charge in [-0.15, -0.1) is 11.3 Å². The molecule has 0 fully saturated rings. The molecule has 1 heterocycles. The first-order valence-corrected chi connectivity index (χ1v) is 10.8. The van der Waals surface area contributed by atoms with Crippen LogP contribution in [0.25, 0.3) is 6.08 Å². The summed E-state index contributed by atoms with van der Waals surface area (Å²) in [5.41, 5.74) is 2.15. The first-order valence-electron chi connectivity index (χ1n) is 8.91. The molecule has 0 aliphatic heterocycles. The van der Waals surface area contributed by atoms with Gasteiger partial charge in [-0.1, -0.05) is 0 Å². The summed E-state index contributed by atoms with van der Waals surface area (Å²) in [5.74, 6) is 0.574. The highest BCUT2D eigenvalue weighted by Gasteiger charge is 2.23. The molecule has 8 heteroatoms. The summed E-state index contributed by atoms with van der Waals surface area (Å²) in [5, 5.41) is 22.4. The highest BCUT2D eigenvalue weighted by atomic mass is 127. The number of rotatable bonds is 5. The van der Waals surface area contributed by atoms with Gasteiger partial charge < -0.3 is 14.8 Å². The van der Waals surface area contributed by atoms with Crippen LogP contribution in [0.1, 0.15) is 34.4 Å². The predicted octanol–water partition coefficient (Wildman–Crippen LogP) is 4.67. The molecule has 0 bridgehead atoms. The highest BCUT2D eigenvalue weighted by molar-refractivity contribution is 14.1. The second-order valence-electron chi connectivity index (χ2n) is 6.39. The van der Waals surface area contributed by atoms with Crippen LogP contribution in [0.3, 0.4) is 0 Å². The van der Waals surface area contributed by atoms with Crippen molar-refractivity contribution in [1.29, 1.82) is 10.5 Å². The Morgan fingerprint density at radius 3 is 2.66 bits per heavy atom. The monoisotopic (exact) mass is 519 g/mol. The van der Waals surface area contributed by atoms with E-state index in [2.05, 4.69) is 34.0 Å². The Hall–Kier alpha value is -2.56. The standard InChI is InChI=1S/C21H18IN3O3S/c1-27-17-9-12(8-16(22)19(17)28-2)7-13(10-23)20(26)25-21-15(11-24)14-5-3-4-6-18(14)29-21/h7-9H,3-6H2,1-2H3,(H,25,26)/b13-7+. The van der Waals surface area contributed by atoms with Crippen LogP contribution in [0.2, 0.25) is 0 Å². The van der Waals surface area contributed by atoms with Gasteiger partial charge in [-0.25, -0.2) is 0 Å². The number of hydrogen-bond acceptors (Lipinski definition) is 6. The van der Waals surface area contributed by atoms with E-state index in [-0.39, 0.29) is 5.57 Å². The highest BCUT2D eigenvalue weighted by Crippen LogP contribution is 2.38. The molecule has 2 aromatic rings. The molecule has 0 spiro atoms. The Balaban J connectivity index is 1.91. The van der Waals surface area contributed by atoms with Crippen molar-refractivity contribution in [3.8, 4) is 23.6 Å². The van der Waals surface area contributed by atoms with E-state index in [1.165, 1.54) is 24.5 Å². The number of benzene rings is 1. The van der Waals surface area contributed by atoms with E-state index in [9.17, 15) is 15.3 Å². The second-order valence-corrected chi connectivity index (χ2v) is 8.66. The van der Waals surface area contributed by atoms with Crippen molar-refractivity contribution in [2.75, 3.05) is 19.5 Å². The summed E-state index contributed by atoms with van der Waals surface area (Å²) in [6, 6.07) is 7.67. The van der Waals surface area contributed by atoms with Crippen LogP contribution in [0.4, 0.5) is 5.00 Å². The lowest BCUT2D eigenvalue weighted by Gasteiger charge is -2.10. The van der Waals surface area contributed by atoms with Gasteiger partial charge in [-0.3, -0.25) is 4.79 Å². The largest absolute Gasteiger partial charge is 0.493 e. The molecule has 1 aliphatic rings. The molecule has 0 atom stereocenters. The Morgan fingerprint density at radius 2 is 2.00 bits per heavy atom. The molecule has 0 unspecified atom stereocenters. The zero-order chi connectivity index (χ0) is 21.0. The molecule has 3 rings (SSSR count). The zero-order valence-corrected chi connectivity index (χ0v) is 18.9. The summed E-state index contributed by atoms with van der Waals surface area (Å²) < 4.78 is 11.4. The average molecular weight is 519 g/mol. The summed E-state index contributed by atoms with van der Waals surface area (Å²) in [6.45, 7) is 0. The molecule has 1 aromatic carbocycles. The molecule has 0 saturated heterocycles.